The lowest BCUT2D eigenvalue weighted by molar-refractivity contribution is 0.825. The Morgan fingerprint density at radius 2 is 1.90 bits per heavy atom. The molecule has 0 atom stereocenters. The lowest BCUT2D eigenvalue weighted by Gasteiger charge is -2.12. The molecule has 0 aliphatic rings. The van der Waals surface area contributed by atoms with Crippen molar-refractivity contribution in [1.29, 1.82) is 0 Å². The Morgan fingerprint density at radius 1 is 1.10 bits per heavy atom. The van der Waals surface area contributed by atoms with Crippen LogP contribution in [-0.2, 0) is 13.1 Å². The molecule has 0 fully saturated rings. The molecule has 0 bridgehead atoms. The third kappa shape index (κ3) is 2.71. The monoisotopic (exact) mass is 298 g/mol. The standard InChI is InChI=1S/C17H15ClN2O/c18-15-9-12(10-19)5-6-13(15)11-20-8-7-17(21)14-3-1-2-4-16(14)20/h1-9H,10-11,19H2. The highest BCUT2D eigenvalue weighted by atomic mass is 35.5. The number of halogens is 1. The van der Waals surface area contributed by atoms with Crippen LogP contribution in [0.3, 0.4) is 0 Å². The van der Waals surface area contributed by atoms with Gasteiger partial charge >= 0.3 is 0 Å². The van der Waals surface area contributed by atoms with Crippen molar-refractivity contribution in [2.75, 3.05) is 0 Å². The Balaban J connectivity index is 2.06. The van der Waals surface area contributed by atoms with E-state index < -0.39 is 0 Å². The molecule has 0 aliphatic carbocycles. The van der Waals surface area contributed by atoms with E-state index in [1.165, 1.54) is 0 Å². The molecule has 2 N–H and O–H groups in total. The zero-order valence-corrected chi connectivity index (χ0v) is 12.2. The predicted octanol–water partition coefficient (Wildman–Crippen LogP) is 3.16. The molecule has 0 saturated carbocycles. The van der Waals surface area contributed by atoms with Gasteiger partial charge in [-0.2, -0.15) is 0 Å². The van der Waals surface area contributed by atoms with Crippen LogP contribution in [0.15, 0.2) is 59.5 Å². The van der Waals surface area contributed by atoms with E-state index in [4.69, 9.17) is 17.3 Å². The van der Waals surface area contributed by atoms with Gasteiger partial charge in [0.15, 0.2) is 5.43 Å². The summed E-state index contributed by atoms with van der Waals surface area (Å²) in [5.74, 6) is 0. The molecule has 3 rings (SSSR count). The molecule has 0 radical (unpaired) electrons. The van der Waals surface area contributed by atoms with Crippen LogP contribution in [0.4, 0.5) is 0 Å². The van der Waals surface area contributed by atoms with Crippen LogP contribution in [0.2, 0.25) is 5.02 Å². The molecule has 1 heterocycles. The van der Waals surface area contributed by atoms with E-state index >= 15 is 0 Å². The fourth-order valence-electron chi connectivity index (χ4n) is 2.43. The first-order valence-corrected chi connectivity index (χ1v) is 7.12. The number of benzene rings is 2. The molecule has 106 valence electrons. The van der Waals surface area contributed by atoms with E-state index in [-0.39, 0.29) is 5.43 Å². The number of para-hydroxylation sites is 1. The molecule has 0 aliphatic heterocycles. The van der Waals surface area contributed by atoms with Crippen LogP contribution in [0.5, 0.6) is 0 Å². The maximum atomic E-state index is 11.9. The second kappa shape index (κ2) is 5.72. The number of pyridine rings is 1. The van der Waals surface area contributed by atoms with Gasteiger partial charge in [-0.15, -0.1) is 0 Å². The van der Waals surface area contributed by atoms with Crippen molar-refractivity contribution in [3.8, 4) is 0 Å². The topological polar surface area (TPSA) is 48.0 Å². The van der Waals surface area contributed by atoms with Gasteiger partial charge in [-0.05, 0) is 29.3 Å². The average Bonchev–Trinajstić information content (AvgIpc) is 2.52. The van der Waals surface area contributed by atoms with Crippen LogP contribution < -0.4 is 11.2 Å². The first-order chi connectivity index (χ1) is 10.2. The van der Waals surface area contributed by atoms with Crippen LogP contribution in [0.1, 0.15) is 11.1 Å². The number of nitrogens with zero attached hydrogens (tertiary/aromatic N) is 1. The smallest absolute Gasteiger partial charge is 0.189 e. The molecule has 0 unspecified atom stereocenters. The summed E-state index contributed by atoms with van der Waals surface area (Å²) in [5, 5.41) is 1.41. The normalized spacial score (nSPS) is 11.0. The van der Waals surface area contributed by atoms with Crippen molar-refractivity contribution in [1.82, 2.24) is 4.57 Å². The maximum absolute atomic E-state index is 11.9. The minimum atomic E-state index is 0.0337. The highest BCUT2D eigenvalue weighted by molar-refractivity contribution is 6.31. The van der Waals surface area contributed by atoms with Crippen molar-refractivity contribution < 1.29 is 0 Å². The molecule has 1 aromatic heterocycles. The fourth-order valence-corrected chi connectivity index (χ4v) is 2.69. The lowest BCUT2D eigenvalue weighted by atomic mass is 10.1. The number of fused-ring (bicyclic) bond motifs is 1. The molecule has 3 nitrogen and oxygen atoms in total. The number of hydrogen-bond donors (Lipinski definition) is 1. The molecule has 2 aromatic carbocycles. The molecular formula is C17H15ClN2O. The van der Waals surface area contributed by atoms with E-state index in [1.54, 1.807) is 12.3 Å². The van der Waals surface area contributed by atoms with E-state index in [2.05, 4.69) is 0 Å². The van der Waals surface area contributed by atoms with Gasteiger partial charge in [0.25, 0.3) is 0 Å². The number of aromatic nitrogens is 1. The van der Waals surface area contributed by atoms with Gasteiger partial charge < -0.3 is 10.3 Å². The minimum absolute atomic E-state index is 0.0337. The molecular weight excluding hydrogens is 284 g/mol. The Labute approximate surface area is 127 Å². The van der Waals surface area contributed by atoms with Gasteiger partial charge in [-0.3, -0.25) is 4.79 Å². The van der Waals surface area contributed by atoms with Crippen LogP contribution in [-0.4, -0.2) is 4.57 Å². The van der Waals surface area contributed by atoms with Gasteiger partial charge in [0.1, 0.15) is 0 Å². The Kier molecular flexibility index (Phi) is 3.78. The van der Waals surface area contributed by atoms with Gasteiger partial charge in [0.2, 0.25) is 0 Å². The maximum Gasteiger partial charge on any atom is 0.189 e. The summed E-state index contributed by atoms with van der Waals surface area (Å²) >= 11 is 6.31. The van der Waals surface area contributed by atoms with E-state index in [0.29, 0.717) is 18.1 Å². The van der Waals surface area contributed by atoms with Gasteiger partial charge in [-0.25, -0.2) is 0 Å². The molecule has 0 amide bonds. The highest BCUT2D eigenvalue weighted by Crippen LogP contribution is 2.20. The summed E-state index contributed by atoms with van der Waals surface area (Å²) in [6, 6.07) is 15.0. The predicted molar refractivity (Wildman–Crippen MR) is 86.7 cm³/mol. The molecule has 21 heavy (non-hydrogen) atoms. The zero-order valence-electron chi connectivity index (χ0n) is 11.4. The number of rotatable bonds is 3. The van der Waals surface area contributed by atoms with E-state index in [0.717, 1.165) is 22.0 Å². The first-order valence-electron chi connectivity index (χ1n) is 6.74. The summed E-state index contributed by atoms with van der Waals surface area (Å²) in [6.45, 7) is 1.09. The second-order valence-corrected chi connectivity index (χ2v) is 5.36. The summed E-state index contributed by atoms with van der Waals surface area (Å²) in [5.41, 5.74) is 8.56. The number of nitrogens with two attached hydrogens (primary N) is 1. The van der Waals surface area contributed by atoms with Crippen LogP contribution in [0.25, 0.3) is 10.9 Å². The quantitative estimate of drug-likeness (QED) is 0.807. The minimum Gasteiger partial charge on any atom is -0.343 e. The SMILES string of the molecule is NCc1ccc(Cn2ccc(=O)c3ccccc32)c(Cl)c1. The summed E-state index contributed by atoms with van der Waals surface area (Å²) in [6.07, 6.45) is 1.80. The second-order valence-electron chi connectivity index (χ2n) is 4.95. The molecule has 4 heteroatoms. The van der Waals surface area contributed by atoms with Crippen LogP contribution in [0, 0.1) is 0 Å². The largest absolute Gasteiger partial charge is 0.343 e. The summed E-state index contributed by atoms with van der Waals surface area (Å²) in [4.78, 5) is 11.9. The Morgan fingerprint density at radius 3 is 2.67 bits per heavy atom. The zero-order chi connectivity index (χ0) is 14.8. The van der Waals surface area contributed by atoms with Crippen molar-refractivity contribution >= 4 is 22.5 Å². The molecule has 3 aromatic rings. The Bertz CT molecular complexity index is 855. The van der Waals surface area contributed by atoms with Crippen LogP contribution >= 0.6 is 11.6 Å². The van der Waals surface area contributed by atoms with Gasteiger partial charge in [0, 0.05) is 35.8 Å². The van der Waals surface area contributed by atoms with Crippen molar-refractivity contribution in [3.05, 3.63) is 81.1 Å². The van der Waals surface area contributed by atoms with E-state index in [1.807, 2.05) is 47.0 Å². The summed E-state index contributed by atoms with van der Waals surface area (Å²) in [7, 11) is 0. The lowest BCUT2D eigenvalue weighted by Crippen LogP contribution is -2.09. The highest BCUT2D eigenvalue weighted by Gasteiger charge is 2.06. The molecule has 0 spiro atoms. The molecule has 0 saturated heterocycles. The van der Waals surface area contributed by atoms with Gasteiger partial charge in [-0.1, -0.05) is 35.9 Å². The third-order valence-corrected chi connectivity index (χ3v) is 3.93. The fraction of sp³-hybridized carbons (Fsp3) is 0.118. The average molecular weight is 299 g/mol. The Hall–Kier alpha value is -2.10. The van der Waals surface area contributed by atoms with Crippen molar-refractivity contribution in [3.63, 3.8) is 0 Å². The van der Waals surface area contributed by atoms with Crippen molar-refractivity contribution in [2.24, 2.45) is 5.73 Å². The first kappa shape index (κ1) is 13.9. The number of hydrogen-bond acceptors (Lipinski definition) is 2. The summed E-state index contributed by atoms with van der Waals surface area (Å²) < 4.78 is 2.03. The van der Waals surface area contributed by atoms with E-state index in [9.17, 15) is 4.79 Å². The van der Waals surface area contributed by atoms with Crippen molar-refractivity contribution in [2.45, 2.75) is 13.1 Å². The van der Waals surface area contributed by atoms with Gasteiger partial charge in [0.05, 0.1) is 5.52 Å². The third-order valence-electron chi connectivity index (χ3n) is 3.58.